The van der Waals surface area contributed by atoms with E-state index in [1.54, 1.807) is 0 Å². The second-order valence-electron chi connectivity index (χ2n) is 15.6. The first-order chi connectivity index (χ1) is 29.3. The molecule has 0 radical (unpaired) electrons. The van der Waals surface area contributed by atoms with Gasteiger partial charge in [0.05, 0.1) is 37.0 Å². The Balaban J connectivity index is 0.940. The molecule has 2 aliphatic heterocycles. The van der Waals surface area contributed by atoms with Crippen LogP contribution in [-0.4, -0.2) is 70.4 Å². The molecular weight excluding hydrogens is 759 g/mol. The fourth-order valence-corrected chi connectivity index (χ4v) is 8.42. The maximum atomic E-state index is 13.0. The summed E-state index contributed by atoms with van der Waals surface area (Å²) < 4.78 is 20.4. The number of imidazole rings is 1. The number of aromatic nitrogens is 2. The summed E-state index contributed by atoms with van der Waals surface area (Å²) in [5.41, 5.74) is 8.26. The highest BCUT2D eigenvalue weighted by Gasteiger charge is 2.34. The zero-order chi connectivity index (χ0) is 41.4. The van der Waals surface area contributed by atoms with E-state index in [4.69, 9.17) is 14.2 Å². The van der Waals surface area contributed by atoms with Crippen molar-refractivity contribution in [1.29, 1.82) is 0 Å². The summed E-state index contributed by atoms with van der Waals surface area (Å²) in [5.74, 6) is -0.514. The molecular formula is C48H51N5O7. The minimum Gasteiger partial charge on any atom is -0.467 e. The summed E-state index contributed by atoms with van der Waals surface area (Å²) in [7, 11) is 1.31. The molecule has 12 heteroatoms. The molecule has 4 N–H and O–H groups in total. The average molecular weight is 810 g/mol. The molecule has 2 saturated heterocycles. The van der Waals surface area contributed by atoms with Crippen LogP contribution in [0.2, 0.25) is 0 Å². The van der Waals surface area contributed by atoms with Crippen LogP contribution in [0.15, 0.2) is 132 Å². The van der Waals surface area contributed by atoms with E-state index >= 15 is 0 Å². The van der Waals surface area contributed by atoms with E-state index in [0.717, 1.165) is 82.5 Å². The number of benzene rings is 5. The van der Waals surface area contributed by atoms with Crippen molar-refractivity contribution in [3.8, 4) is 11.1 Å². The van der Waals surface area contributed by atoms with Crippen LogP contribution < -0.4 is 16.3 Å². The molecule has 2 amide bonds. The number of rotatable bonds is 13. The Morgan fingerprint density at radius 3 is 2.30 bits per heavy atom. The molecule has 0 saturated carbocycles. The standard InChI is InChI=1S/C48H51N5O7/c1-58-45(55)42(26-32-9-3-2-4-10-32)50-47(56)49-29-34-11-7-12-36(25-34)37-13-8-14-38(27-37)46-59-40(28-44(60-46)35-19-17-33(31-54)18-20-35)30-52-23-21-39(22-24-52)53-43-16-6-5-15-41(43)51-48(53)57/h2-20,25,27,39-40,42,44,46,54H,21-24,26,28-31H2,1H3,(H,51,57)(H2,49,50,56)/t40-,42-,44+,46+/m0/s1. The maximum absolute atomic E-state index is 13.0. The van der Waals surface area contributed by atoms with E-state index in [1.165, 1.54) is 7.11 Å². The number of ether oxygens (including phenoxy) is 3. The van der Waals surface area contributed by atoms with E-state index in [9.17, 15) is 19.5 Å². The summed E-state index contributed by atoms with van der Waals surface area (Å²) in [4.78, 5) is 43.8. The van der Waals surface area contributed by atoms with Crippen molar-refractivity contribution in [2.45, 2.75) is 69.4 Å². The monoisotopic (exact) mass is 809 g/mol. The summed E-state index contributed by atoms with van der Waals surface area (Å²) in [6.45, 7) is 2.65. The fraction of sp³-hybridized carbons (Fsp3) is 0.312. The highest BCUT2D eigenvalue weighted by atomic mass is 16.7. The summed E-state index contributed by atoms with van der Waals surface area (Å²) in [5, 5.41) is 15.3. The summed E-state index contributed by atoms with van der Waals surface area (Å²) in [6.07, 6.45) is 1.75. The van der Waals surface area contributed by atoms with E-state index in [-0.39, 0.29) is 37.1 Å². The van der Waals surface area contributed by atoms with Gasteiger partial charge in [-0.1, -0.05) is 103 Å². The van der Waals surface area contributed by atoms with Gasteiger partial charge in [0.1, 0.15) is 6.04 Å². The Morgan fingerprint density at radius 1 is 0.817 bits per heavy atom. The van der Waals surface area contributed by atoms with Gasteiger partial charge in [-0.15, -0.1) is 0 Å². The molecule has 0 spiro atoms. The van der Waals surface area contributed by atoms with Crippen molar-refractivity contribution >= 4 is 23.0 Å². The number of fused-ring (bicyclic) bond motifs is 1. The van der Waals surface area contributed by atoms with E-state index < -0.39 is 24.3 Å². The number of aliphatic hydroxyl groups is 1. The number of H-pyrrole nitrogens is 1. The lowest BCUT2D eigenvalue weighted by Crippen LogP contribution is -2.47. The number of nitrogens with one attached hydrogen (secondary N) is 3. The predicted octanol–water partition coefficient (Wildman–Crippen LogP) is 6.95. The molecule has 1 aromatic heterocycles. The Labute approximate surface area is 349 Å². The van der Waals surface area contributed by atoms with Gasteiger partial charge in [-0.05, 0) is 70.5 Å². The molecule has 0 aliphatic carbocycles. The molecule has 2 fully saturated rings. The number of carbonyl (C=O) groups is 2. The van der Waals surface area contributed by atoms with E-state index in [2.05, 4.69) is 26.6 Å². The van der Waals surface area contributed by atoms with Gasteiger partial charge in [0.15, 0.2) is 6.29 Å². The number of aromatic amines is 1. The van der Waals surface area contributed by atoms with Gasteiger partial charge in [-0.3, -0.25) is 4.57 Å². The number of aliphatic hydroxyl groups excluding tert-OH is 1. The van der Waals surface area contributed by atoms with Gasteiger partial charge in [0.25, 0.3) is 0 Å². The number of hydrogen-bond donors (Lipinski definition) is 4. The molecule has 0 bridgehead atoms. The lowest BCUT2D eigenvalue weighted by molar-refractivity contribution is -0.253. The molecule has 12 nitrogen and oxygen atoms in total. The maximum Gasteiger partial charge on any atom is 0.328 e. The van der Waals surface area contributed by atoms with Crippen LogP contribution in [0, 0.1) is 0 Å². The molecule has 0 unspecified atom stereocenters. The normalized spacial score (nSPS) is 19.1. The quantitative estimate of drug-likeness (QED) is 0.0917. The van der Waals surface area contributed by atoms with Crippen LogP contribution in [0.3, 0.4) is 0 Å². The Kier molecular flexibility index (Phi) is 12.8. The van der Waals surface area contributed by atoms with Gasteiger partial charge in [0.2, 0.25) is 0 Å². The largest absolute Gasteiger partial charge is 0.467 e. The van der Waals surface area contributed by atoms with Crippen LogP contribution in [0.4, 0.5) is 4.79 Å². The zero-order valence-corrected chi connectivity index (χ0v) is 33.7. The third kappa shape index (κ3) is 9.69. The van der Waals surface area contributed by atoms with E-state index in [1.807, 2.05) is 126 Å². The van der Waals surface area contributed by atoms with E-state index in [0.29, 0.717) is 12.8 Å². The first kappa shape index (κ1) is 40.7. The van der Waals surface area contributed by atoms with Crippen molar-refractivity contribution < 1.29 is 28.9 Å². The second-order valence-corrected chi connectivity index (χ2v) is 15.6. The molecule has 310 valence electrons. The SMILES string of the molecule is COC(=O)[C@H](Cc1ccccc1)NC(=O)NCc1cccc(-c2cccc([C@@H]3O[C@H](CN4CCC(n5c(=O)[nH]c6ccccc65)CC4)C[C@H](c4ccc(CO)cc4)O3)c2)c1. The first-order valence-corrected chi connectivity index (χ1v) is 20.6. The molecule has 2 aliphatic rings. The number of hydrogen-bond acceptors (Lipinski definition) is 8. The fourth-order valence-electron chi connectivity index (χ4n) is 8.42. The smallest absolute Gasteiger partial charge is 0.328 e. The van der Waals surface area contributed by atoms with Crippen molar-refractivity contribution in [3.05, 3.63) is 166 Å². The number of carbonyl (C=O) groups excluding carboxylic acids is 2. The van der Waals surface area contributed by atoms with Crippen LogP contribution >= 0.6 is 0 Å². The highest BCUT2D eigenvalue weighted by molar-refractivity contribution is 5.83. The number of methoxy groups -OCH3 is 1. The van der Waals surface area contributed by atoms with Crippen molar-refractivity contribution in [3.63, 3.8) is 0 Å². The second kappa shape index (κ2) is 18.9. The van der Waals surface area contributed by atoms with Gasteiger partial charge >= 0.3 is 17.7 Å². The number of likely N-dealkylation sites (tertiary alicyclic amines) is 1. The van der Waals surface area contributed by atoms with Crippen LogP contribution in [0.25, 0.3) is 22.2 Å². The Hall–Kier alpha value is -6.05. The lowest BCUT2D eigenvalue weighted by atomic mass is 9.97. The first-order valence-electron chi connectivity index (χ1n) is 20.6. The Bertz CT molecular complexity index is 2440. The summed E-state index contributed by atoms with van der Waals surface area (Å²) in [6, 6.07) is 40.2. The predicted molar refractivity (Wildman–Crippen MR) is 229 cm³/mol. The third-order valence-electron chi connectivity index (χ3n) is 11.6. The number of amides is 2. The Morgan fingerprint density at radius 2 is 1.53 bits per heavy atom. The molecule has 4 atom stereocenters. The van der Waals surface area contributed by atoms with Crippen molar-refractivity contribution in [1.82, 2.24) is 25.1 Å². The minimum absolute atomic E-state index is 0.0251. The number of esters is 1. The van der Waals surface area contributed by atoms with Gasteiger partial charge < -0.3 is 39.8 Å². The van der Waals surface area contributed by atoms with Crippen LogP contribution in [0.1, 0.15) is 65.5 Å². The van der Waals surface area contributed by atoms with Crippen LogP contribution in [0.5, 0.6) is 0 Å². The van der Waals surface area contributed by atoms with Crippen LogP contribution in [-0.2, 0) is 38.6 Å². The summed E-state index contributed by atoms with van der Waals surface area (Å²) >= 11 is 0. The van der Waals surface area contributed by atoms with Crippen molar-refractivity contribution in [2.75, 3.05) is 26.7 Å². The lowest BCUT2D eigenvalue weighted by Gasteiger charge is -2.40. The number of para-hydroxylation sites is 2. The third-order valence-corrected chi connectivity index (χ3v) is 11.6. The molecule has 60 heavy (non-hydrogen) atoms. The number of urea groups is 1. The van der Waals surface area contributed by atoms with Gasteiger partial charge in [-0.2, -0.15) is 0 Å². The number of nitrogens with zero attached hydrogens (tertiary/aromatic N) is 2. The highest BCUT2D eigenvalue weighted by Crippen LogP contribution is 2.39. The topological polar surface area (TPSA) is 147 Å². The van der Waals surface area contributed by atoms with Gasteiger partial charge in [0, 0.05) is 50.6 Å². The molecule has 8 rings (SSSR count). The molecule has 6 aromatic rings. The van der Waals surface area contributed by atoms with Crippen molar-refractivity contribution in [2.24, 2.45) is 0 Å². The number of piperidine rings is 1. The van der Waals surface area contributed by atoms with Gasteiger partial charge in [-0.25, -0.2) is 14.4 Å². The molecule has 5 aromatic carbocycles. The average Bonchev–Trinajstić information content (AvgIpc) is 3.64. The minimum atomic E-state index is -0.828. The zero-order valence-electron chi connectivity index (χ0n) is 33.7. The molecule has 3 heterocycles.